The monoisotopic (exact) mass is 227 g/mol. The Labute approximate surface area is 93.5 Å². The predicted octanol–water partition coefficient (Wildman–Crippen LogP) is 2.73. The average Bonchev–Trinajstić information content (AvgIpc) is 2.34. The van der Waals surface area contributed by atoms with Gasteiger partial charge in [-0.2, -0.15) is 11.8 Å². The molecule has 78 valence electrons. The van der Waals surface area contributed by atoms with Crippen molar-refractivity contribution in [3.8, 4) is 0 Å². The van der Waals surface area contributed by atoms with Crippen LogP contribution < -0.4 is 4.90 Å². The molecule has 0 spiro atoms. The maximum atomic E-state index is 2.45. The van der Waals surface area contributed by atoms with Crippen molar-refractivity contribution in [2.75, 3.05) is 36.2 Å². The number of thioether (sulfide) groups is 1. The molecule has 1 aromatic carbocycles. The summed E-state index contributed by atoms with van der Waals surface area (Å²) >= 11 is 2.05. The summed E-state index contributed by atoms with van der Waals surface area (Å²) in [4.78, 5) is 2.45. The molecule has 1 aliphatic rings. The number of hydrogen-bond acceptors (Lipinski definition) is 2. The Bertz CT molecular complexity index is 234. The van der Waals surface area contributed by atoms with Gasteiger partial charge in [-0.05, 0) is 12.1 Å². The zero-order chi connectivity index (χ0) is 10.2. The molecule has 2 rings (SSSR count). The van der Waals surface area contributed by atoms with Gasteiger partial charge in [0, 0.05) is 30.3 Å². The SMILES string of the molecule is CP.c1ccc(N2CCSCC2)cc1. The van der Waals surface area contributed by atoms with Crippen molar-refractivity contribution in [2.45, 2.75) is 0 Å². The van der Waals surface area contributed by atoms with Gasteiger partial charge in [0.05, 0.1) is 0 Å². The van der Waals surface area contributed by atoms with E-state index in [-0.39, 0.29) is 0 Å². The maximum absolute atomic E-state index is 2.45. The van der Waals surface area contributed by atoms with Gasteiger partial charge in [0.25, 0.3) is 0 Å². The number of hydrogen-bond donors (Lipinski definition) is 0. The van der Waals surface area contributed by atoms with Crippen LogP contribution in [0, 0.1) is 0 Å². The Morgan fingerprint density at radius 2 is 1.64 bits per heavy atom. The van der Waals surface area contributed by atoms with E-state index in [1.54, 1.807) is 0 Å². The largest absolute Gasteiger partial charge is 0.370 e. The first-order chi connectivity index (χ1) is 6.97. The number of rotatable bonds is 1. The molecular formula is C11H18NPS. The Balaban J connectivity index is 0.000000461. The molecule has 1 heterocycles. The van der Waals surface area contributed by atoms with Crippen LogP contribution in [0.2, 0.25) is 0 Å². The minimum absolute atomic E-state index is 1.20. The maximum Gasteiger partial charge on any atom is 0.0366 e. The van der Waals surface area contributed by atoms with Crippen LogP contribution in [0.25, 0.3) is 0 Å². The summed E-state index contributed by atoms with van der Waals surface area (Å²) in [6.07, 6.45) is 0. The summed E-state index contributed by atoms with van der Waals surface area (Å²) in [6, 6.07) is 10.7. The molecule has 1 aliphatic heterocycles. The fourth-order valence-corrected chi connectivity index (χ4v) is 2.36. The van der Waals surface area contributed by atoms with E-state index >= 15 is 0 Å². The highest BCUT2D eigenvalue weighted by molar-refractivity contribution is 7.99. The van der Waals surface area contributed by atoms with Crippen LogP contribution in [0.4, 0.5) is 5.69 Å². The number of nitrogens with zero attached hydrogens (tertiary/aromatic N) is 1. The molecule has 0 aromatic heterocycles. The van der Waals surface area contributed by atoms with Crippen LogP contribution in [-0.4, -0.2) is 31.3 Å². The lowest BCUT2D eigenvalue weighted by atomic mass is 10.3. The molecule has 14 heavy (non-hydrogen) atoms. The van der Waals surface area contributed by atoms with Crippen LogP contribution in [0.1, 0.15) is 0 Å². The van der Waals surface area contributed by atoms with Gasteiger partial charge >= 0.3 is 0 Å². The molecule has 0 amide bonds. The van der Waals surface area contributed by atoms with Crippen LogP contribution in [0.3, 0.4) is 0 Å². The summed E-state index contributed by atoms with van der Waals surface area (Å²) in [6.45, 7) is 4.32. The molecule has 1 atom stereocenters. The third kappa shape index (κ3) is 3.51. The second kappa shape index (κ2) is 7.14. The lowest BCUT2D eigenvalue weighted by Gasteiger charge is -2.28. The topological polar surface area (TPSA) is 3.24 Å². The van der Waals surface area contributed by atoms with Crippen molar-refractivity contribution >= 4 is 26.7 Å². The second-order valence-corrected chi connectivity index (χ2v) is 4.16. The van der Waals surface area contributed by atoms with Crippen LogP contribution in [0.5, 0.6) is 0 Å². The van der Waals surface area contributed by atoms with Crippen molar-refractivity contribution in [1.82, 2.24) is 0 Å². The van der Waals surface area contributed by atoms with E-state index in [0.717, 1.165) is 0 Å². The van der Waals surface area contributed by atoms with Gasteiger partial charge in [-0.1, -0.05) is 24.9 Å². The minimum atomic E-state index is 1.20. The van der Waals surface area contributed by atoms with Crippen molar-refractivity contribution in [3.63, 3.8) is 0 Å². The summed E-state index contributed by atoms with van der Waals surface area (Å²) < 4.78 is 0. The van der Waals surface area contributed by atoms with E-state index in [1.807, 2.05) is 6.66 Å². The number of para-hydroxylation sites is 1. The van der Waals surface area contributed by atoms with Gasteiger partial charge in [-0.15, -0.1) is 9.24 Å². The van der Waals surface area contributed by atoms with E-state index in [4.69, 9.17) is 0 Å². The highest BCUT2D eigenvalue weighted by Crippen LogP contribution is 2.18. The molecule has 3 heteroatoms. The zero-order valence-corrected chi connectivity index (χ0v) is 10.6. The molecule has 0 bridgehead atoms. The Hall–Kier alpha value is -0.200. The first kappa shape index (κ1) is 11.9. The highest BCUT2D eigenvalue weighted by atomic mass is 32.2. The quantitative estimate of drug-likeness (QED) is 0.679. The van der Waals surface area contributed by atoms with Gasteiger partial charge in [0.1, 0.15) is 0 Å². The smallest absolute Gasteiger partial charge is 0.0366 e. The number of benzene rings is 1. The molecule has 0 saturated carbocycles. The minimum Gasteiger partial charge on any atom is -0.370 e. The highest BCUT2D eigenvalue weighted by Gasteiger charge is 2.09. The summed E-state index contributed by atoms with van der Waals surface area (Å²) in [5.74, 6) is 2.55. The predicted molar refractivity (Wildman–Crippen MR) is 71.6 cm³/mol. The van der Waals surface area contributed by atoms with Gasteiger partial charge in [0.2, 0.25) is 0 Å². The van der Waals surface area contributed by atoms with E-state index in [1.165, 1.54) is 30.3 Å². The Kier molecular flexibility index (Phi) is 6.05. The van der Waals surface area contributed by atoms with Crippen LogP contribution >= 0.6 is 21.0 Å². The van der Waals surface area contributed by atoms with Crippen LogP contribution in [-0.2, 0) is 0 Å². The first-order valence-corrected chi connectivity index (χ1v) is 7.23. The van der Waals surface area contributed by atoms with E-state index in [9.17, 15) is 0 Å². The second-order valence-electron chi connectivity index (χ2n) is 2.93. The third-order valence-corrected chi connectivity index (χ3v) is 3.07. The first-order valence-electron chi connectivity index (χ1n) is 4.92. The molecule has 1 saturated heterocycles. The molecule has 1 aromatic rings. The Morgan fingerprint density at radius 3 is 2.21 bits per heavy atom. The van der Waals surface area contributed by atoms with Gasteiger partial charge in [-0.3, -0.25) is 0 Å². The van der Waals surface area contributed by atoms with E-state index < -0.39 is 0 Å². The fraction of sp³-hybridized carbons (Fsp3) is 0.455. The van der Waals surface area contributed by atoms with Crippen molar-refractivity contribution in [1.29, 1.82) is 0 Å². The molecule has 0 radical (unpaired) electrons. The normalized spacial score (nSPS) is 15.7. The summed E-state index contributed by atoms with van der Waals surface area (Å²) in [5, 5.41) is 0. The molecule has 1 nitrogen and oxygen atoms in total. The standard InChI is InChI=1S/C10H13NS.CH5P/c1-2-4-10(5-3-1)11-6-8-12-9-7-11;1-2/h1-5H,6-9H2;2H2,1H3. The lowest BCUT2D eigenvalue weighted by molar-refractivity contribution is 0.859. The summed E-state index contributed by atoms with van der Waals surface area (Å²) in [5.41, 5.74) is 1.37. The molecule has 1 fully saturated rings. The number of anilines is 1. The third-order valence-electron chi connectivity index (χ3n) is 2.13. The lowest BCUT2D eigenvalue weighted by Crippen LogP contribution is -2.32. The van der Waals surface area contributed by atoms with Crippen molar-refractivity contribution in [2.24, 2.45) is 0 Å². The average molecular weight is 227 g/mol. The van der Waals surface area contributed by atoms with E-state index in [0.29, 0.717) is 0 Å². The molecule has 1 unspecified atom stereocenters. The summed E-state index contributed by atoms with van der Waals surface area (Å²) in [7, 11) is 2.42. The Morgan fingerprint density at radius 1 is 1.07 bits per heavy atom. The van der Waals surface area contributed by atoms with Gasteiger partial charge < -0.3 is 4.90 Å². The van der Waals surface area contributed by atoms with Gasteiger partial charge in [-0.25, -0.2) is 0 Å². The molecule has 0 aliphatic carbocycles. The van der Waals surface area contributed by atoms with Crippen LogP contribution in [0.15, 0.2) is 30.3 Å². The van der Waals surface area contributed by atoms with Crippen molar-refractivity contribution < 1.29 is 0 Å². The fourth-order valence-electron chi connectivity index (χ4n) is 1.46. The molecule has 0 N–H and O–H groups in total. The van der Waals surface area contributed by atoms with Gasteiger partial charge in [0.15, 0.2) is 0 Å². The van der Waals surface area contributed by atoms with Crippen molar-refractivity contribution in [3.05, 3.63) is 30.3 Å². The zero-order valence-electron chi connectivity index (χ0n) is 8.65. The molecular weight excluding hydrogens is 209 g/mol. The van der Waals surface area contributed by atoms with E-state index in [2.05, 4.69) is 56.2 Å².